The first-order valence-electron chi connectivity index (χ1n) is 8.25. The summed E-state index contributed by atoms with van der Waals surface area (Å²) in [7, 11) is -3.06. The molecule has 0 saturated carbocycles. The zero-order chi connectivity index (χ0) is 17.9. The molecule has 1 fully saturated rings. The normalized spacial score (nSPS) is 18.8. The standard InChI is InChI=1S/C19H20ClNO3S/c20-17-8-6-16(7-9-17)19(22)21(18-11-13-25(23,24)14-18)12-10-15-4-2-1-3-5-15/h1-9,18H,10-14H2. The van der Waals surface area contributed by atoms with E-state index < -0.39 is 9.84 Å². The minimum Gasteiger partial charge on any atom is -0.334 e. The fraction of sp³-hybridized carbons (Fsp3) is 0.316. The Balaban J connectivity index is 1.80. The van der Waals surface area contributed by atoms with Gasteiger partial charge in [0.1, 0.15) is 0 Å². The molecule has 2 aromatic carbocycles. The van der Waals surface area contributed by atoms with Crippen molar-refractivity contribution < 1.29 is 13.2 Å². The number of nitrogens with zero attached hydrogens (tertiary/aromatic N) is 1. The molecule has 0 aliphatic carbocycles. The molecule has 1 amide bonds. The van der Waals surface area contributed by atoms with Gasteiger partial charge in [0.2, 0.25) is 0 Å². The average Bonchev–Trinajstić information content (AvgIpc) is 2.96. The van der Waals surface area contributed by atoms with Gasteiger partial charge in [0.25, 0.3) is 5.91 Å². The van der Waals surface area contributed by atoms with Crippen LogP contribution in [0.5, 0.6) is 0 Å². The number of carbonyl (C=O) groups is 1. The molecule has 0 N–H and O–H groups in total. The number of hydrogen-bond donors (Lipinski definition) is 0. The van der Waals surface area contributed by atoms with Crippen molar-refractivity contribution in [1.29, 1.82) is 0 Å². The Hall–Kier alpha value is -1.85. The third-order valence-electron chi connectivity index (χ3n) is 4.49. The predicted octanol–water partition coefficient (Wildman–Crippen LogP) is 3.21. The molecule has 0 radical (unpaired) electrons. The van der Waals surface area contributed by atoms with Crippen LogP contribution in [0.1, 0.15) is 22.3 Å². The molecule has 1 aliphatic rings. The lowest BCUT2D eigenvalue weighted by Crippen LogP contribution is -2.42. The molecular weight excluding hydrogens is 358 g/mol. The molecule has 132 valence electrons. The van der Waals surface area contributed by atoms with Gasteiger partial charge in [0, 0.05) is 23.2 Å². The van der Waals surface area contributed by atoms with E-state index >= 15 is 0 Å². The van der Waals surface area contributed by atoms with Crippen LogP contribution in [-0.2, 0) is 16.3 Å². The van der Waals surface area contributed by atoms with E-state index in [1.807, 2.05) is 30.3 Å². The number of amides is 1. The zero-order valence-corrected chi connectivity index (χ0v) is 15.3. The Bertz CT molecular complexity index is 835. The van der Waals surface area contributed by atoms with E-state index in [0.29, 0.717) is 30.0 Å². The monoisotopic (exact) mass is 377 g/mol. The summed E-state index contributed by atoms with van der Waals surface area (Å²) in [5, 5.41) is 0.566. The van der Waals surface area contributed by atoms with Crippen molar-refractivity contribution >= 4 is 27.3 Å². The van der Waals surface area contributed by atoms with Gasteiger partial charge in [0.05, 0.1) is 11.5 Å². The highest BCUT2D eigenvalue weighted by atomic mass is 35.5. The van der Waals surface area contributed by atoms with Gasteiger partial charge in [-0.25, -0.2) is 8.42 Å². The molecule has 1 saturated heterocycles. The quantitative estimate of drug-likeness (QED) is 0.803. The minimum atomic E-state index is -3.06. The second kappa shape index (κ2) is 7.58. The minimum absolute atomic E-state index is 0.0428. The molecule has 4 nitrogen and oxygen atoms in total. The molecule has 0 spiro atoms. The van der Waals surface area contributed by atoms with Crippen molar-refractivity contribution in [2.75, 3.05) is 18.1 Å². The van der Waals surface area contributed by atoms with Gasteiger partial charge in [0.15, 0.2) is 9.84 Å². The van der Waals surface area contributed by atoms with Crippen LogP contribution in [0.15, 0.2) is 54.6 Å². The molecular formula is C19H20ClNO3S. The Labute approximate surface area is 153 Å². The van der Waals surface area contributed by atoms with Crippen molar-refractivity contribution in [2.24, 2.45) is 0 Å². The zero-order valence-electron chi connectivity index (χ0n) is 13.8. The molecule has 2 aromatic rings. The van der Waals surface area contributed by atoms with Crippen LogP contribution in [-0.4, -0.2) is 43.3 Å². The Morgan fingerprint density at radius 3 is 2.36 bits per heavy atom. The van der Waals surface area contributed by atoms with Crippen LogP contribution in [0.25, 0.3) is 0 Å². The Kier molecular flexibility index (Phi) is 5.45. The predicted molar refractivity (Wildman–Crippen MR) is 99.7 cm³/mol. The van der Waals surface area contributed by atoms with Gasteiger partial charge in [-0.05, 0) is 42.7 Å². The second-order valence-corrected chi connectivity index (χ2v) is 8.96. The van der Waals surface area contributed by atoms with Gasteiger partial charge in [-0.2, -0.15) is 0 Å². The highest BCUT2D eigenvalue weighted by Crippen LogP contribution is 2.21. The molecule has 3 rings (SSSR count). The van der Waals surface area contributed by atoms with Gasteiger partial charge < -0.3 is 4.90 Å². The van der Waals surface area contributed by atoms with Crippen molar-refractivity contribution in [1.82, 2.24) is 4.90 Å². The van der Waals surface area contributed by atoms with Crippen LogP contribution >= 0.6 is 11.6 Å². The third-order valence-corrected chi connectivity index (χ3v) is 6.49. The van der Waals surface area contributed by atoms with E-state index in [4.69, 9.17) is 11.6 Å². The van der Waals surface area contributed by atoms with E-state index in [-0.39, 0.29) is 23.5 Å². The third kappa shape index (κ3) is 4.61. The van der Waals surface area contributed by atoms with Crippen molar-refractivity contribution in [3.63, 3.8) is 0 Å². The Morgan fingerprint density at radius 1 is 1.08 bits per heavy atom. The number of benzene rings is 2. The maximum atomic E-state index is 13.0. The summed E-state index contributed by atoms with van der Waals surface area (Å²) in [6.07, 6.45) is 1.19. The van der Waals surface area contributed by atoms with Crippen LogP contribution < -0.4 is 0 Å². The number of halogens is 1. The van der Waals surface area contributed by atoms with Gasteiger partial charge in [-0.1, -0.05) is 41.9 Å². The molecule has 1 aliphatic heterocycles. The lowest BCUT2D eigenvalue weighted by molar-refractivity contribution is 0.0699. The van der Waals surface area contributed by atoms with Crippen LogP contribution in [0.3, 0.4) is 0 Å². The van der Waals surface area contributed by atoms with E-state index in [1.54, 1.807) is 29.2 Å². The van der Waals surface area contributed by atoms with Crippen LogP contribution in [0.2, 0.25) is 5.02 Å². The lowest BCUT2D eigenvalue weighted by atomic mass is 10.1. The maximum Gasteiger partial charge on any atom is 0.254 e. The van der Waals surface area contributed by atoms with Crippen LogP contribution in [0.4, 0.5) is 0 Å². The number of sulfone groups is 1. The van der Waals surface area contributed by atoms with E-state index in [0.717, 1.165) is 5.56 Å². The Morgan fingerprint density at radius 2 is 1.76 bits per heavy atom. The number of hydrogen-bond acceptors (Lipinski definition) is 3. The summed E-state index contributed by atoms with van der Waals surface area (Å²) in [6, 6.07) is 16.3. The first-order chi connectivity index (χ1) is 11.9. The van der Waals surface area contributed by atoms with E-state index in [2.05, 4.69) is 0 Å². The van der Waals surface area contributed by atoms with Gasteiger partial charge >= 0.3 is 0 Å². The maximum absolute atomic E-state index is 13.0. The van der Waals surface area contributed by atoms with Crippen molar-refractivity contribution in [3.8, 4) is 0 Å². The number of carbonyl (C=O) groups excluding carboxylic acids is 1. The molecule has 1 heterocycles. The summed E-state index contributed by atoms with van der Waals surface area (Å²) >= 11 is 5.90. The average molecular weight is 378 g/mol. The fourth-order valence-electron chi connectivity index (χ4n) is 3.12. The summed E-state index contributed by atoms with van der Waals surface area (Å²) in [6.45, 7) is 0.492. The van der Waals surface area contributed by atoms with Gasteiger partial charge in [-0.15, -0.1) is 0 Å². The van der Waals surface area contributed by atoms with Gasteiger partial charge in [-0.3, -0.25) is 4.79 Å². The first-order valence-corrected chi connectivity index (χ1v) is 10.5. The fourth-order valence-corrected chi connectivity index (χ4v) is 4.98. The molecule has 0 aromatic heterocycles. The summed E-state index contributed by atoms with van der Waals surface area (Å²) in [5.74, 6) is 0.0452. The molecule has 6 heteroatoms. The summed E-state index contributed by atoms with van der Waals surface area (Å²) in [4.78, 5) is 14.7. The molecule has 25 heavy (non-hydrogen) atoms. The largest absolute Gasteiger partial charge is 0.334 e. The molecule has 1 atom stereocenters. The molecule has 0 bridgehead atoms. The lowest BCUT2D eigenvalue weighted by Gasteiger charge is -2.28. The number of rotatable bonds is 5. The van der Waals surface area contributed by atoms with Crippen molar-refractivity contribution in [3.05, 3.63) is 70.7 Å². The van der Waals surface area contributed by atoms with Crippen LogP contribution in [0, 0.1) is 0 Å². The topological polar surface area (TPSA) is 54.5 Å². The van der Waals surface area contributed by atoms with Crippen molar-refractivity contribution in [2.45, 2.75) is 18.9 Å². The second-order valence-electron chi connectivity index (χ2n) is 6.30. The SMILES string of the molecule is O=C(c1ccc(Cl)cc1)N(CCc1ccccc1)C1CCS(=O)(=O)C1. The highest BCUT2D eigenvalue weighted by Gasteiger charge is 2.34. The first kappa shape index (κ1) is 18.0. The van der Waals surface area contributed by atoms with E-state index in [1.165, 1.54) is 0 Å². The van der Waals surface area contributed by atoms with E-state index in [9.17, 15) is 13.2 Å². The smallest absolute Gasteiger partial charge is 0.254 e. The molecule has 1 unspecified atom stereocenters. The summed E-state index contributed by atoms with van der Waals surface area (Å²) in [5.41, 5.74) is 1.65. The highest BCUT2D eigenvalue weighted by molar-refractivity contribution is 7.91. The summed E-state index contributed by atoms with van der Waals surface area (Å²) < 4.78 is 23.7.